The van der Waals surface area contributed by atoms with Crippen molar-refractivity contribution in [1.82, 2.24) is 9.55 Å². The molecule has 0 unspecified atom stereocenters. The van der Waals surface area contributed by atoms with Crippen molar-refractivity contribution in [2.24, 2.45) is 0 Å². The van der Waals surface area contributed by atoms with E-state index in [1.165, 1.54) is 12.8 Å². The van der Waals surface area contributed by atoms with Crippen LogP contribution in [0.3, 0.4) is 0 Å². The van der Waals surface area contributed by atoms with Gasteiger partial charge in [-0.3, -0.25) is 4.79 Å². The molecule has 1 aliphatic carbocycles. The zero-order valence-corrected chi connectivity index (χ0v) is 19.4. The van der Waals surface area contributed by atoms with Gasteiger partial charge < -0.3 is 15.0 Å². The van der Waals surface area contributed by atoms with Gasteiger partial charge in [0.2, 0.25) is 0 Å². The highest BCUT2D eigenvalue weighted by molar-refractivity contribution is 9.10. The molecule has 2 N–H and O–H groups in total. The van der Waals surface area contributed by atoms with Gasteiger partial charge in [-0.2, -0.15) is 0 Å². The van der Waals surface area contributed by atoms with E-state index in [2.05, 4.69) is 25.8 Å². The largest absolute Gasteiger partial charge is 0.478 e. The standard InChI is InChI=1S/C26H22BrN3O3/c27-19-4-3-5-20(15-19)28-25(31)17-10-8-16(9-11-17)24-29-22-14-18(26(32)33)12-13-23(22)30(24)21-6-1-2-7-21/h3-5,8-15,21H,1-2,6-7H2,(H,28,31)(H,32,33). The van der Waals surface area contributed by atoms with Crippen LogP contribution >= 0.6 is 15.9 Å². The average Bonchev–Trinajstić information content (AvgIpc) is 3.46. The fourth-order valence-corrected chi connectivity index (χ4v) is 4.91. The van der Waals surface area contributed by atoms with Gasteiger partial charge >= 0.3 is 5.97 Å². The molecule has 1 heterocycles. The van der Waals surface area contributed by atoms with E-state index in [-0.39, 0.29) is 11.5 Å². The number of halogens is 1. The lowest BCUT2D eigenvalue weighted by Crippen LogP contribution is -2.12. The lowest BCUT2D eigenvalue weighted by atomic mass is 10.1. The monoisotopic (exact) mass is 503 g/mol. The normalized spacial score (nSPS) is 14.0. The van der Waals surface area contributed by atoms with Gasteiger partial charge in [0.05, 0.1) is 16.6 Å². The molecular formula is C26H22BrN3O3. The van der Waals surface area contributed by atoms with Crippen LogP contribution in [-0.2, 0) is 0 Å². The highest BCUT2D eigenvalue weighted by atomic mass is 79.9. The highest BCUT2D eigenvalue weighted by Gasteiger charge is 2.24. The summed E-state index contributed by atoms with van der Waals surface area (Å²) in [5.41, 5.74) is 4.01. The van der Waals surface area contributed by atoms with Crippen molar-refractivity contribution in [2.75, 3.05) is 5.32 Å². The first kappa shape index (κ1) is 21.4. The van der Waals surface area contributed by atoms with E-state index in [9.17, 15) is 14.7 Å². The number of hydrogen-bond acceptors (Lipinski definition) is 3. The van der Waals surface area contributed by atoms with Crippen LogP contribution in [0.5, 0.6) is 0 Å². The Balaban J connectivity index is 1.49. The fraction of sp³-hybridized carbons (Fsp3) is 0.192. The average molecular weight is 504 g/mol. The van der Waals surface area contributed by atoms with Crippen molar-refractivity contribution in [3.05, 3.63) is 82.3 Å². The van der Waals surface area contributed by atoms with Gasteiger partial charge in [-0.15, -0.1) is 0 Å². The topological polar surface area (TPSA) is 84.2 Å². The number of rotatable bonds is 5. The highest BCUT2D eigenvalue weighted by Crippen LogP contribution is 2.37. The summed E-state index contributed by atoms with van der Waals surface area (Å²) < 4.78 is 3.14. The summed E-state index contributed by atoms with van der Waals surface area (Å²) in [5.74, 6) is -0.344. The number of carboxylic acids is 1. The van der Waals surface area contributed by atoms with Crippen LogP contribution in [0.1, 0.15) is 52.4 Å². The summed E-state index contributed by atoms with van der Waals surface area (Å²) in [6.07, 6.45) is 4.50. The third-order valence-electron chi connectivity index (χ3n) is 6.11. The second kappa shape index (κ2) is 8.83. The second-order valence-electron chi connectivity index (χ2n) is 8.29. The number of benzene rings is 3. The van der Waals surface area contributed by atoms with Gasteiger partial charge in [-0.05, 0) is 61.4 Å². The van der Waals surface area contributed by atoms with E-state index in [1.807, 2.05) is 42.5 Å². The summed E-state index contributed by atoms with van der Waals surface area (Å²) in [6, 6.07) is 20.3. The minimum Gasteiger partial charge on any atom is -0.478 e. The van der Waals surface area contributed by atoms with E-state index < -0.39 is 5.97 Å². The molecule has 6 nitrogen and oxygen atoms in total. The molecule has 0 aliphatic heterocycles. The Hall–Kier alpha value is -3.45. The van der Waals surface area contributed by atoms with Crippen molar-refractivity contribution >= 4 is 44.5 Å². The van der Waals surface area contributed by atoms with Crippen LogP contribution in [0, 0.1) is 0 Å². The second-order valence-corrected chi connectivity index (χ2v) is 9.21. The smallest absolute Gasteiger partial charge is 0.335 e. The molecule has 3 aromatic carbocycles. The van der Waals surface area contributed by atoms with Crippen molar-refractivity contribution < 1.29 is 14.7 Å². The van der Waals surface area contributed by atoms with Crippen molar-refractivity contribution in [2.45, 2.75) is 31.7 Å². The first-order valence-electron chi connectivity index (χ1n) is 10.9. The number of carbonyl (C=O) groups excluding carboxylic acids is 1. The molecule has 5 rings (SSSR count). The van der Waals surface area contributed by atoms with Crippen molar-refractivity contribution in [1.29, 1.82) is 0 Å². The van der Waals surface area contributed by atoms with E-state index in [4.69, 9.17) is 4.98 Å². The fourth-order valence-electron chi connectivity index (χ4n) is 4.51. The zero-order chi connectivity index (χ0) is 22.9. The predicted molar refractivity (Wildman–Crippen MR) is 132 cm³/mol. The van der Waals surface area contributed by atoms with E-state index in [1.54, 1.807) is 24.3 Å². The SMILES string of the molecule is O=C(O)c1ccc2c(c1)nc(-c1ccc(C(=O)Nc3cccc(Br)c3)cc1)n2C1CCCC1. The molecule has 0 saturated heterocycles. The molecule has 1 fully saturated rings. The molecule has 0 bridgehead atoms. The third-order valence-corrected chi connectivity index (χ3v) is 6.61. The van der Waals surface area contributed by atoms with Crippen molar-refractivity contribution in [3.8, 4) is 11.4 Å². The third kappa shape index (κ3) is 4.28. The molecular weight excluding hydrogens is 482 g/mol. The molecule has 1 aliphatic rings. The summed E-state index contributed by atoms with van der Waals surface area (Å²) in [7, 11) is 0. The molecule has 1 amide bonds. The first-order valence-corrected chi connectivity index (χ1v) is 11.7. The number of amides is 1. The zero-order valence-electron chi connectivity index (χ0n) is 17.8. The molecule has 166 valence electrons. The number of carbonyl (C=O) groups is 2. The number of aromatic nitrogens is 2. The summed E-state index contributed by atoms with van der Waals surface area (Å²) in [5, 5.41) is 12.3. The molecule has 0 atom stereocenters. The number of nitrogens with one attached hydrogen (secondary N) is 1. The summed E-state index contributed by atoms with van der Waals surface area (Å²) in [6.45, 7) is 0. The predicted octanol–water partition coefficient (Wildman–Crippen LogP) is 6.53. The molecule has 33 heavy (non-hydrogen) atoms. The number of imidazole rings is 1. The Bertz CT molecular complexity index is 1360. The maximum absolute atomic E-state index is 12.7. The Morgan fingerprint density at radius 2 is 1.70 bits per heavy atom. The van der Waals surface area contributed by atoms with E-state index in [0.29, 0.717) is 17.1 Å². The van der Waals surface area contributed by atoms with E-state index >= 15 is 0 Å². The van der Waals surface area contributed by atoms with Gasteiger partial charge in [0.25, 0.3) is 5.91 Å². The Kier molecular flexibility index (Phi) is 5.72. The number of fused-ring (bicyclic) bond motifs is 1. The Labute approximate surface area is 199 Å². The number of nitrogens with zero attached hydrogens (tertiary/aromatic N) is 2. The van der Waals surface area contributed by atoms with Gasteiger partial charge in [0, 0.05) is 27.3 Å². The minimum absolute atomic E-state index is 0.185. The van der Waals surface area contributed by atoms with Crippen LogP contribution in [0.4, 0.5) is 5.69 Å². The molecule has 0 radical (unpaired) electrons. The van der Waals surface area contributed by atoms with E-state index in [0.717, 1.165) is 39.9 Å². The molecule has 4 aromatic rings. The number of carboxylic acid groups (broad SMARTS) is 1. The first-order chi connectivity index (χ1) is 16.0. The number of anilines is 1. The van der Waals surface area contributed by atoms with Gasteiger partial charge in [-0.1, -0.05) is 47.0 Å². The van der Waals surface area contributed by atoms with Gasteiger partial charge in [0.15, 0.2) is 0 Å². The van der Waals surface area contributed by atoms with Crippen LogP contribution in [-0.4, -0.2) is 26.5 Å². The Morgan fingerprint density at radius 1 is 0.970 bits per heavy atom. The van der Waals surface area contributed by atoms with Crippen molar-refractivity contribution in [3.63, 3.8) is 0 Å². The molecule has 1 saturated carbocycles. The van der Waals surface area contributed by atoms with Crippen LogP contribution < -0.4 is 5.32 Å². The maximum Gasteiger partial charge on any atom is 0.335 e. The van der Waals surface area contributed by atoms with Crippen LogP contribution in [0.2, 0.25) is 0 Å². The van der Waals surface area contributed by atoms with Crippen LogP contribution in [0.25, 0.3) is 22.4 Å². The Morgan fingerprint density at radius 3 is 2.39 bits per heavy atom. The molecule has 0 spiro atoms. The van der Waals surface area contributed by atoms with Crippen LogP contribution in [0.15, 0.2) is 71.2 Å². The lowest BCUT2D eigenvalue weighted by Gasteiger charge is -2.16. The maximum atomic E-state index is 12.7. The quantitative estimate of drug-likeness (QED) is 0.324. The molecule has 1 aromatic heterocycles. The number of hydrogen-bond donors (Lipinski definition) is 2. The minimum atomic E-state index is -0.963. The summed E-state index contributed by atoms with van der Waals surface area (Å²) >= 11 is 3.41. The van der Waals surface area contributed by atoms with Gasteiger partial charge in [-0.25, -0.2) is 9.78 Å². The number of aromatic carboxylic acids is 1. The summed E-state index contributed by atoms with van der Waals surface area (Å²) in [4.78, 5) is 28.9. The molecule has 7 heteroatoms. The lowest BCUT2D eigenvalue weighted by molar-refractivity contribution is 0.0696. The van der Waals surface area contributed by atoms with Gasteiger partial charge in [0.1, 0.15) is 5.82 Å².